The van der Waals surface area contributed by atoms with Crippen molar-refractivity contribution in [3.8, 4) is 11.5 Å². The molecule has 2 N–H and O–H groups in total. The Hall–Kier alpha value is -2.11. The Bertz CT molecular complexity index is 644. The van der Waals surface area contributed by atoms with Gasteiger partial charge in [-0.2, -0.15) is 0 Å². The van der Waals surface area contributed by atoms with Crippen LogP contribution in [0.15, 0.2) is 42.7 Å². The topological polar surface area (TPSA) is 63.6 Å². The second-order valence-electron chi connectivity index (χ2n) is 5.95. The molecule has 5 nitrogen and oxygen atoms in total. The van der Waals surface area contributed by atoms with Gasteiger partial charge in [-0.15, -0.1) is 0 Å². The maximum atomic E-state index is 10.5. The van der Waals surface area contributed by atoms with E-state index in [0.29, 0.717) is 6.54 Å². The Morgan fingerprint density at radius 2 is 1.91 bits per heavy atom. The van der Waals surface area contributed by atoms with Crippen LogP contribution in [0.25, 0.3) is 0 Å². The number of nitrogens with one attached hydrogen (secondary N) is 1. The molecule has 116 valence electrons. The molecular formula is C17H20N2O3. The molecule has 0 fully saturated rings. The van der Waals surface area contributed by atoms with E-state index >= 15 is 0 Å². The normalized spacial score (nSPS) is 14.9. The van der Waals surface area contributed by atoms with Crippen LogP contribution in [-0.4, -0.2) is 22.4 Å². The third-order valence-corrected chi connectivity index (χ3v) is 3.89. The lowest BCUT2D eigenvalue weighted by molar-refractivity contribution is 0.0791. The molecule has 5 heteroatoms. The predicted molar refractivity (Wildman–Crippen MR) is 82.7 cm³/mol. The molecule has 0 saturated heterocycles. The molecule has 2 heterocycles. The van der Waals surface area contributed by atoms with Crippen molar-refractivity contribution in [1.29, 1.82) is 0 Å². The van der Waals surface area contributed by atoms with Crippen LogP contribution in [0.2, 0.25) is 0 Å². The summed E-state index contributed by atoms with van der Waals surface area (Å²) in [6.45, 7) is 4.86. The fraction of sp³-hybridized carbons (Fsp3) is 0.353. The van der Waals surface area contributed by atoms with E-state index in [2.05, 4.69) is 10.3 Å². The summed E-state index contributed by atoms with van der Waals surface area (Å²) in [7, 11) is 0. The standard InChI is InChI=1S/C17H20N2O3/c1-17(2,16(20)13-5-7-18-8-6-13)19-10-12-3-4-14-15(9-12)22-11-21-14/h3-9,16,19-20H,10-11H2,1-2H3. The quantitative estimate of drug-likeness (QED) is 0.888. The largest absolute Gasteiger partial charge is 0.454 e. The van der Waals surface area contributed by atoms with Gasteiger partial charge in [0.1, 0.15) is 0 Å². The van der Waals surface area contributed by atoms with E-state index in [1.54, 1.807) is 12.4 Å². The number of rotatable bonds is 5. The van der Waals surface area contributed by atoms with Crippen LogP contribution < -0.4 is 14.8 Å². The minimum absolute atomic E-state index is 0.276. The van der Waals surface area contributed by atoms with Gasteiger partial charge >= 0.3 is 0 Å². The van der Waals surface area contributed by atoms with Gasteiger partial charge in [0.15, 0.2) is 11.5 Å². The van der Waals surface area contributed by atoms with E-state index < -0.39 is 11.6 Å². The summed E-state index contributed by atoms with van der Waals surface area (Å²) in [6.07, 6.45) is 2.75. The average molecular weight is 300 g/mol. The van der Waals surface area contributed by atoms with Gasteiger partial charge in [-0.3, -0.25) is 4.98 Å². The molecule has 0 saturated carbocycles. The van der Waals surface area contributed by atoms with Crippen LogP contribution in [-0.2, 0) is 6.54 Å². The van der Waals surface area contributed by atoms with Crippen molar-refractivity contribution in [3.05, 3.63) is 53.9 Å². The Morgan fingerprint density at radius 1 is 1.18 bits per heavy atom. The molecule has 1 aromatic heterocycles. The summed E-state index contributed by atoms with van der Waals surface area (Å²) in [6, 6.07) is 9.52. The fourth-order valence-electron chi connectivity index (χ4n) is 2.44. The third kappa shape index (κ3) is 3.05. The van der Waals surface area contributed by atoms with Gasteiger partial charge in [0, 0.05) is 24.5 Å². The molecule has 2 aromatic rings. The number of ether oxygens (including phenoxy) is 2. The minimum Gasteiger partial charge on any atom is -0.454 e. The molecule has 1 aromatic carbocycles. The van der Waals surface area contributed by atoms with Crippen LogP contribution in [0.1, 0.15) is 31.1 Å². The van der Waals surface area contributed by atoms with Gasteiger partial charge < -0.3 is 19.9 Å². The highest BCUT2D eigenvalue weighted by Crippen LogP contribution is 2.33. The van der Waals surface area contributed by atoms with Crippen molar-refractivity contribution in [1.82, 2.24) is 10.3 Å². The number of aliphatic hydroxyl groups excluding tert-OH is 1. The second-order valence-corrected chi connectivity index (χ2v) is 5.95. The first kappa shape index (κ1) is 14.8. The highest BCUT2D eigenvalue weighted by atomic mass is 16.7. The number of hydrogen-bond donors (Lipinski definition) is 2. The van der Waals surface area contributed by atoms with E-state index in [4.69, 9.17) is 9.47 Å². The highest BCUT2D eigenvalue weighted by molar-refractivity contribution is 5.44. The van der Waals surface area contributed by atoms with E-state index in [0.717, 1.165) is 22.6 Å². The smallest absolute Gasteiger partial charge is 0.231 e. The SMILES string of the molecule is CC(C)(NCc1ccc2c(c1)OCO2)C(O)c1ccncc1. The van der Waals surface area contributed by atoms with Crippen LogP contribution in [0, 0.1) is 0 Å². The van der Waals surface area contributed by atoms with Gasteiger partial charge in [-0.25, -0.2) is 0 Å². The minimum atomic E-state index is -0.621. The van der Waals surface area contributed by atoms with Gasteiger partial charge in [0.25, 0.3) is 0 Å². The van der Waals surface area contributed by atoms with Gasteiger partial charge in [0.05, 0.1) is 6.10 Å². The molecule has 0 radical (unpaired) electrons. The first-order valence-corrected chi connectivity index (χ1v) is 7.28. The van der Waals surface area contributed by atoms with Crippen LogP contribution in [0.4, 0.5) is 0 Å². The summed E-state index contributed by atoms with van der Waals surface area (Å²) in [5, 5.41) is 13.9. The van der Waals surface area contributed by atoms with E-state index in [9.17, 15) is 5.11 Å². The summed E-state index contributed by atoms with van der Waals surface area (Å²) in [4.78, 5) is 3.98. The molecule has 1 aliphatic rings. The monoisotopic (exact) mass is 300 g/mol. The van der Waals surface area contributed by atoms with Crippen molar-refractivity contribution in [2.24, 2.45) is 0 Å². The van der Waals surface area contributed by atoms with E-state index in [1.807, 2.05) is 44.2 Å². The summed E-state index contributed by atoms with van der Waals surface area (Å²) in [5.74, 6) is 1.55. The number of fused-ring (bicyclic) bond motifs is 1. The number of hydrogen-bond acceptors (Lipinski definition) is 5. The number of aromatic nitrogens is 1. The fourth-order valence-corrected chi connectivity index (χ4v) is 2.44. The predicted octanol–water partition coefficient (Wildman–Crippen LogP) is 2.41. The zero-order chi connectivity index (χ0) is 15.6. The molecule has 0 amide bonds. The highest BCUT2D eigenvalue weighted by Gasteiger charge is 2.28. The molecule has 1 aliphatic heterocycles. The lowest BCUT2D eigenvalue weighted by atomic mass is 9.91. The summed E-state index contributed by atoms with van der Waals surface area (Å²) >= 11 is 0. The van der Waals surface area contributed by atoms with Gasteiger partial charge in [-0.05, 0) is 49.2 Å². The third-order valence-electron chi connectivity index (χ3n) is 3.89. The van der Waals surface area contributed by atoms with E-state index in [-0.39, 0.29) is 6.79 Å². The zero-order valence-electron chi connectivity index (χ0n) is 12.7. The van der Waals surface area contributed by atoms with Crippen molar-refractivity contribution in [2.45, 2.75) is 32.0 Å². The van der Waals surface area contributed by atoms with E-state index in [1.165, 1.54) is 0 Å². The molecular weight excluding hydrogens is 280 g/mol. The molecule has 0 bridgehead atoms. The van der Waals surface area contributed by atoms with Gasteiger partial charge in [0.2, 0.25) is 6.79 Å². The van der Waals surface area contributed by atoms with Crippen molar-refractivity contribution < 1.29 is 14.6 Å². The lowest BCUT2D eigenvalue weighted by Gasteiger charge is -2.32. The number of nitrogens with zero attached hydrogens (tertiary/aromatic N) is 1. The van der Waals surface area contributed by atoms with Crippen LogP contribution in [0.3, 0.4) is 0 Å². The molecule has 0 spiro atoms. The van der Waals surface area contributed by atoms with Gasteiger partial charge in [-0.1, -0.05) is 6.07 Å². The maximum Gasteiger partial charge on any atom is 0.231 e. The first-order chi connectivity index (χ1) is 10.6. The Balaban J connectivity index is 1.67. The lowest BCUT2D eigenvalue weighted by Crippen LogP contribution is -2.44. The molecule has 1 unspecified atom stereocenters. The Morgan fingerprint density at radius 3 is 2.68 bits per heavy atom. The summed E-state index contributed by atoms with van der Waals surface area (Å²) < 4.78 is 10.7. The Labute approximate surface area is 129 Å². The number of pyridine rings is 1. The maximum absolute atomic E-state index is 10.5. The second kappa shape index (κ2) is 5.94. The first-order valence-electron chi connectivity index (χ1n) is 7.28. The summed E-state index contributed by atoms with van der Waals surface area (Å²) in [5.41, 5.74) is 1.45. The van der Waals surface area contributed by atoms with Crippen molar-refractivity contribution >= 4 is 0 Å². The molecule has 3 rings (SSSR count). The average Bonchev–Trinajstić information content (AvgIpc) is 3.01. The number of aliphatic hydroxyl groups is 1. The van der Waals surface area contributed by atoms with Crippen LogP contribution >= 0.6 is 0 Å². The molecule has 1 atom stereocenters. The zero-order valence-corrected chi connectivity index (χ0v) is 12.7. The molecule has 0 aliphatic carbocycles. The van der Waals surface area contributed by atoms with Crippen LogP contribution in [0.5, 0.6) is 11.5 Å². The Kier molecular flexibility index (Phi) is 4.00. The molecule has 22 heavy (non-hydrogen) atoms. The number of benzene rings is 1. The van der Waals surface area contributed by atoms with Crippen molar-refractivity contribution in [3.63, 3.8) is 0 Å². The van der Waals surface area contributed by atoms with Crippen molar-refractivity contribution in [2.75, 3.05) is 6.79 Å².